The van der Waals surface area contributed by atoms with E-state index in [2.05, 4.69) is 5.32 Å². The van der Waals surface area contributed by atoms with Gasteiger partial charge in [-0.2, -0.15) is 10.5 Å². The highest BCUT2D eigenvalue weighted by molar-refractivity contribution is 5.93. The summed E-state index contributed by atoms with van der Waals surface area (Å²) in [4.78, 5) is 23.7. The summed E-state index contributed by atoms with van der Waals surface area (Å²) in [5, 5.41) is 20.1. The second kappa shape index (κ2) is 8.86. The van der Waals surface area contributed by atoms with Gasteiger partial charge in [-0.05, 0) is 49.4 Å². The van der Waals surface area contributed by atoms with Gasteiger partial charge in [-0.1, -0.05) is 6.07 Å². The minimum atomic E-state index is -0.919. The van der Waals surface area contributed by atoms with Crippen molar-refractivity contribution in [3.63, 3.8) is 0 Å². The lowest BCUT2D eigenvalue weighted by Gasteiger charge is -2.14. The van der Waals surface area contributed by atoms with Gasteiger partial charge in [0.1, 0.15) is 5.75 Å². The molecule has 26 heavy (non-hydrogen) atoms. The molecule has 0 aliphatic heterocycles. The number of nitrogens with zero attached hydrogens (tertiary/aromatic N) is 2. The number of nitriles is 2. The van der Waals surface area contributed by atoms with Crippen molar-refractivity contribution in [2.24, 2.45) is 0 Å². The molecule has 0 saturated heterocycles. The molecule has 0 aliphatic carbocycles. The van der Waals surface area contributed by atoms with Crippen LogP contribution >= 0.6 is 0 Å². The standard InChI is InChI=1S/C19H15N3O4/c1-13(26-17-7-5-14(10-20)6-8-17)19(24)25-12-18(23)22-16-4-2-3-15(9-16)11-21/h2-9,13H,12H2,1H3,(H,22,23)/t13-/m0/s1. The van der Waals surface area contributed by atoms with Crippen LogP contribution in [0.3, 0.4) is 0 Å². The van der Waals surface area contributed by atoms with Crippen LogP contribution in [0.5, 0.6) is 5.75 Å². The van der Waals surface area contributed by atoms with Crippen molar-refractivity contribution >= 4 is 17.6 Å². The van der Waals surface area contributed by atoms with E-state index in [-0.39, 0.29) is 0 Å². The van der Waals surface area contributed by atoms with Crippen LogP contribution in [0.4, 0.5) is 5.69 Å². The SMILES string of the molecule is C[C@H](Oc1ccc(C#N)cc1)C(=O)OCC(=O)Nc1cccc(C#N)c1. The maximum atomic E-state index is 11.9. The molecule has 7 heteroatoms. The zero-order valence-corrected chi connectivity index (χ0v) is 13.9. The lowest BCUT2D eigenvalue weighted by Crippen LogP contribution is -2.29. The fourth-order valence-electron chi connectivity index (χ4n) is 1.98. The van der Waals surface area contributed by atoms with Crippen LogP contribution in [0.1, 0.15) is 18.1 Å². The number of carbonyl (C=O) groups is 2. The Morgan fingerprint density at radius 2 is 1.77 bits per heavy atom. The average molecular weight is 349 g/mol. The van der Waals surface area contributed by atoms with Gasteiger partial charge in [0.15, 0.2) is 12.7 Å². The predicted molar refractivity (Wildman–Crippen MR) is 92.0 cm³/mol. The number of benzene rings is 2. The largest absolute Gasteiger partial charge is 0.479 e. The number of anilines is 1. The first kappa shape index (κ1) is 18.5. The van der Waals surface area contributed by atoms with Crippen LogP contribution in [0.15, 0.2) is 48.5 Å². The van der Waals surface area contributed by atoms with Crippen LogP contribution in [-0.2, 0) is 14.3 Å². The molecule has 0 aliphatic rings. The molecular weight excluding hydrogens is 334 g/mol. The second-order valence-electron chi connectivity index (χ2n) is 5.24. The quantitative estimate of drug-likeness (QED) is 0.801. The molecule has 1 atom stereocenters. The molecule has 2 aromatic carbocycles. The van der Waals surface area contributed by atoms with Crippen LogP contribution in [-0.4, -0.2) is 24.6 Å². The highest BCUT2D eigenvalue weighted by Crippen LogP contribution is 2.14. The third-order valence-corrected chi connectivity index (χ3v) is 3.25. The van der Waals surface area contributed by atoms with Gasteiger partial charge in [0.25, 0.3) is 5.91 Å². The number of ether oxygens (including phenoxy) is 2. The Morgan fingerprint density at radius 1 is 1.08 bits per heavy atom. The summed E-state index contributed by atoms with van der Waals surface area (Å²) in [6, 6.07) is 16.6. The Balaban J connectivity index is 1.81. The van der Waals surface area contributed by atoms with Crippen molar-refractivity contribution in [3.05, 3.63) is 59.7 Å². The minimum Gasteiger partial charge on any atom is -0.479 e. The number of carbonyl (C=O) groups excluding carboxylic acids is 2. The summed E-state index contributed by atoms with van der Waals surface area (Å²) in [6.45, 7) is 1.02. The molecule has 1 N–H and O–H groups in total. The summed E-state index contributed by atoms with van der Waals surface area (Å²) in [7, 11) is 0. The summed E-state index contributed by atoms with van der Waals surface area (Å²) in [5.41, 5.74) is 1.32. The van der Waals surface area contributed by atoms with Crippen molar-refractivity contribution in [3.8, 4) is 17.9 Å². The molecule has 0 bridgehead atoms. The van der Waals surface area contributed by atoms with Gasteiger partial charge in [0.2, 0.25) is 0 Å². The first-order chi connectivity index (χ1) is 12.5. The molecule has 0 aromatic heterocycles. The molecule has 0 radical (unpaired) electrons. The molecule has 2 aromatic rings. The van der Waals surface area contributed by atoms with Gasteiger partial charge >= 0.3 is 5.97 Å². The topological polar surface area (TPSA) is 112 Å². The van der Waals surface area contributed by atoms with Crippen LogP contribution in [0, 0.1) is 22.7 Å². The molecule has 0 unspecified atom stereocenters. The van der Waals surface area contributed by atoms with Gasteiger partial charge < -0.3 is 14.8 Å². The molecular formula is C19H15N3O4. The van der Waals surface area contributed by atoms with E-state index in [0.717, 1.165) is 0 Å². The van der Waals surface area contributed by atoms with Gasteiger partial charge in [-0.3, -0.25) is 4.79 Å². The Bertz CT molecular complexity index is 879. The molecule has 1 amide bonds. The monoisotopic (exact) mass is 349 g/mol. The van der Waals surface area contributed by atoms with Gasteiger partial charge in [0.05, 0.1) is 23.3 Å². The summed E-state index contributed by atoms with van der Waals surface area (Å²) in [6.07, 6.45) is -0.919. The number of amides is 1. The Kier molecular flexibility index (Phi) is 6.30. The maximum absolute atomic E-state index is 11.9. The summed E-state index contributed by atoms with van der Waals surface area (Å²) in [5.74, 6) is -0.819. The zero-order chi connectivity index (χ0) is 18.9. The maximum Gasteiger partial charge on any atom is 0.347 e. The Morgan fingerprint density at radius 3 is 2.42 bits per heavy atom. The Labute approximate surface area is 150 Å². The smallest absolute Gasteiger partial charge is 0.347 e. The van der Waals surface area contributed by atoms with Crippen molar-refractivity contribution < 1.29 is 19.1 Å². The van der Waals surface area contributed by atoms with E-state index in [0.29, 0.717) is 22.6 Å². The molecule has 0 saturated carbocycles. The van der Waals surface area contributed by atoms with E-state index in [1.54, 1.807) is 42.5 Å². The lowest BCUT2D eigenvalue weighted by molar-refractivity contribution is -0.153. The van der Waals surface area contributed by atoms with Crippen LogP contribution < -0.4 is 10.1 Å². The minimum absolute atomic E-state index is 0.407. The van der Waals surface area contributed by atoms with E-state index in [4.69, 9.17) is 20.0 Å². The van der Waals surface area contributed by atoms with E-state index >= 15 is 0 Å². The zero-order valence-electron chi connectivity index (χ0n) is 13.9. The van der Waals surface area contributed by atoms with Crippen molar-refractivity contribution in [2.75, 3.05) is 11.9 Å². The highest BCUT2D eigenvalue weighted by atomic mass is 16.6. The van der Waals surface area contributed by atoms with Gasteiger partial charge in [0, 0.05) is 5.69 Å². The second-order valence-corrected chi connectivity index (χ2v) is 5.24. The third-order valence-electron chi connectivity index (χ3n) is 3.25. The summed E-state index contributed by atoms with van der Waals surface area (Å²) >= 11 is 0. The predicted octanol–water partition coefficient (Wildman–Crippen LogP) is 2.38. The number of rotatable bonds is 6. The fourth-order valence-corrected chi connectivity index (χ4v) is 1.98. The molecule has 0 fully saturated rings. The molecule has 2 rings (SSSR count). The highest BCUT2D eigenvalue weighted by Gasteiger charge is 2.18. The number of hydrogen-bond donors (Lipinski definition) is 1. The van der Waals surface area contributed by atoms with Crippen molar-refractivity contribution in [1.82, 2.24) is 0 Å². The number of nitrogens with one attached hydrogen (secondary N) is 1. The fraction of sp³-hybridized carbons (Fsp3) is 0.158. The summed E-state index contributed by atoms with van der Waals surface area (Å²) < 4.78 is 10.3. The first-order valence-corrected chi connectivity index (χ1v) is 7.65. The number of hydrogen-bond acceptors (Lipinski definition) is 6. The lowest BCUT2D eigenvalue weighted by atomic mass is 10.2. The Hall–Kier alpha value is -3.84. The van der Waals surface area contributed by atoms with Crippen LogP contribution in [0.2, 0.25) is 0 Å². The average Bonchev–Trinajstić information content (AvgIpc) is 2.66. The van der Waals surface area contributed by atoms with Gasteiger partial charge in [-0.25, -0.2) is 4.79 Å². The van der Waals surface area contributed by atoms with Crippen molar-refractivity contribution in [1.29, 1.82) is 10.5 Å². The molecule has 130 valence electrons. The normalized spacial score (nSPS) is 10.7. The first-order valence-electron chi connectivity index (χ1n) is 7.65. The van der Waals surface area contributed by atoms with E-state index in [1.165, 1.54) is 13.0 Å². The van der Waals surface area contributed by atoms with Crippen molar-refractivity contribution in [2.45, 2.75) is 13.0 Å². The van der Waals surface area contributed by atoms with E-state index in [1.807, 2.05) is 12.1 Å². The molecule has 0 spiro atoms. The van der Waals surface area contributed by atoms with Crippen LogP contribution in [0.25, 0.3) is 0 Å². The van der Waals surface area contributed by atoms with Gasteiger partial charge in [-0.15, -0.1) is 0 Å². The van der Waals surface area contributed by atoms with E-state index < -0.39 is 24.6 Å². The number of esters is 1. The molecule has 7 nitrogen and oxygen atoms in total. The third kappa shape index (κ3) is 5.36. The molecule has 0 heterocycles. The van der Waals surface area contributed by atoms with E-state index in [9.17, 15) is 9.59 Å².